The van der Waals surface area contributed by atoms with Crippen LogP contribution in [0.1, 0.15) is 45.6 Å². The highest BCUT2D eigenvalue weighted by Gasteiger charge is 2.30. The molecule has 0 spiro atoms. The van der Waals surface area contributed by atoms with E-state index >= 15 is 0 Å². The molecule has 1 aromatic carbocycles. The zero-order chi connectivity index (χ0) is 25.8. The SMILES string of the molecule is CC(NC(=O)C(Cc1ccc(O)cc1)NC(=O)C(CCCCN)NC(=O)C(N)C(C)C)C(=O)O. The first-order valence-electron chi connectivity index (χ1n) is 11.3. The van der Waals surface area contributed by atoms with Gasteiger partial charge >= 0.3 is 5.97 Å². The van der Waals surface area contributed by atoms with Gasteiger partial charge in [0.1, 0.15) is 23.9 Å². The Kier molecular flexibility index (Phi) is 12.0. The standard InChI is InChI=1S/C23H37N5O6/c1-13(2)19(25)22(32)27-17(6-4-5-11-24)20(30)28-18(21(31)26-14(3)23(33)34)12-15-7-9-16(29)10-8-15/h7-10,13-14,17-19,29H,4-6,11-12,24-25H2,1-3H3,(H,26,31)(H,27,32)(H,28,30)(H,33,34). The summed E-state index contributed by atoms with van der Waals surface area (Å²) in [4.78, 5) is 49.6. The Balaban J connectivity index is 3.07. The maximum atomic E-state index is 13.1. The molecule has 34 heavy (non-hydrogen) atoms. The largest absolute Gasteiger partial charge is 0.508 e. The fraction of sp³-hybridized carbons (Fsp3) is 0.565. The molecule has 0 aliphatic rings. The molecule has 0 saturated carbocycles. The van der Waals surface area contributed by atoms with E-state index in [9.17, 15) is 24.3 Å². The number of aromatic hydroxyl groups is 1. The molecule has 1 aromatic rings. The molecule has 4 atom stereocenters. The minimum Gasteiger partial charge on any atom is -0.508 e. The number of carboxylic acids is 1. The van der Waals surface area contributed by atoms with Gasteiger partial charge in [-0.3, -0.25) is 19.2 Å². The molecular formula is C23H37N5O6. The average molecular weight is 480 g/mol. The minimum atomic E-state index is -1.22. The van der Waals surface area contributed by atoms with E-state index < -0.39 is 47.9 Å². The Hall–Kier alpha value is -3.18. The Morgan fingerprint density at radius 2 is 1.44 bits per heavy atom. The summed E-state index contributed by atoms with van der Waals surface area (Å²) in [6, 6.07) is 2.01. The number of unbranched alkanes of at least 4 members (excludes halogenated alkanes) is 1. The lowest BCUT2D eigenvalue weighted by atomic mass is 10.0. The van der Waals surface area contributed by atoms with Crippen LogP contribution in [0, 0.1) is 5.92 Å². The Morgan fingerprint density at radius 1 is 0.882 bits per heavy atom. The quantitative estimate of drug-likeness (QED) is 0.175. The number of nitrogens with one attached hydrogen (secondary N) is 3. The summed E-state index contributed by atoms with van der Waals surface area (Å²) in [5, 5.41) is 26.3. The number of amides is 3. The van der Waals surface area contributed by atoms with Crippen molar-refractivity contribution in [1.29, 1.82) is 0 Å². The van der Waals surface area contributed by atoms with E-state index in [0.717, 1.165) is 0 Å². The van der Waals surface area contributed by atoms with Crippen molar-refractivity contribution in [2.45, 2.75) is 70.6 Å². The zero-order valence-electron chi connectivity index (χ0n) is 19.9. The molecule has 0 aliphatic carbocycles. The lowest BCUT2D eigenvalue weighted by Crippen LogP contribution is -2.57. The fourth-order valence-corrected chi connectivity index (χ4v) is 3.06. The van der Waals surface area contributed by atoms with E-state index in [1.807, 2.05) is 0 Å². The average Bonchev–Trinajstić information content (AvgIpc) is 2.78. The molecular weight excluding hydrogens is 442 g/mol. The van der Waals surface area contributed by atoms with Gasteiger partial charge in [0, 0.05) is 6.42 Å². The van der Waals surface area contributed by atoms with Crippen molar-refractivity contribution in [2.24, 2.45) is 17.4 Å². The van der Waals surface area contributed by atoms with Crippen LogP contribution in [0.3, 0.4) is 0 Å². The Bertz CT molecular complexity index is 830. The van der Waals surface area contributed by atoms with Gasteiger partial charge in [-0.15, -0.1) is 0 Å². The fourth-order valence-electron chi connectivity index (χ4n) is 3.06. The molecule has 0 aliphatic heterocycles. The number of phenols is 1. The summed E-state index contributed by atoms with van der Waals surface area (Å²) >= 11 is 0. The number of nitrogens with two attached hydrogens (primary N) is 2. The Labute approximate surface area is 199 Å². The third kappa shape index (κ3) is 9.75. The number of hydrogen-bond donors (Lipinski definition) is 7. The van der Waals surface area contributed by atoms with E-state index in [-0.39, 0.29) is 18.1 Å². The molecule has 0 saturated heterocycles. The van der Waals surface area contributed by atoms with Crippen LogP contribution in [0.25, 0.3) is 0 Å². The molecule has 0 heterocycles. The second-order valence-corrected chi connectivity index (χ2v) is 8.62. The van der Waals surface area contributed by atoms with Gasteiger partial charge in [0.2, 0.25) is 17.7 Å². The van der Waals surface area contributed by atoms with Crippen LogP contribution in [0.2, 0.25) is 0 Å². The lowest BCUT2D eigenvalue weighted by molar-refractivity contribution is -0.141. The number of carbonyl (C=O) groups is 4. The highest BCUT2D eigenvalue weighted by atomic mass is 16.4. The van der Waals surface area contributed by atoms with Gasteiger partial charge in [0.15, 0.2) is 0 Å². The summed E-state index contributed by atoms with van der Waals surface area (Å²) < 4.78 is 0. The number of aliphatic carboxylic acids is 1. The predicted octanol–water partition coefficient (Wildman–Crippen LogP) is -0.394. The maximum absolute atomic E-state index is 13.1. The molecule has 1 rings (SSSR count). The van der Waals surface area contributed by atoms with Crippen molar-refractivity contribution in [3.8, 4) is 5.75 Å². The molecule has 11 heteroatoms. The minimum absolute atomic E-state index is 0.0393. The van der Waals surface area contributed by atoms with Crippen LogP contribution in [0.5, 0.6) is 5.75 Å². The van der Waals surface area contributed by atoms with Crippen molar-refractivity contribution in [3.05, 3.63) is 29.8 Å². The third-order valence-electron chi connectivity index (χ3n) is 5.34. The highest BCUT2D eigenvalue weighted by Crippen LogP contribution is 2.12. The van der Waals surface area contributed by atoms with Crippen molar-refractivity contribution < 1.29 is 29.4 Å². The Morgan fingerprint density at radius 3 is 1.97 bits per heavy atom. The topological polar surface area (TPSA) is 197 Å². The monoisotopic (exact) mass is 479 g/mol. The van der Waals surface area contributed by atoms with Crippen molar-refractivity contribution >= 4 is 23.7 Å². The van der Waals surface area contributed by atoms with Crippen LogP contribution in [0.4, 0.5) is 0 Å². The first kappa shape index (κ1) is 28.9. The van der Waals surface area contributed by atoms with E-state index in [2.05, 4.69) is 16.0 Å². The van der Waals surface area contributed by atoms with Crippen molar-refractivity contribution in [3.63, 3.8) is 0 Å². The normalized spacial score (nSPS) is 14.5. The first-order valence-corrected chi connectivity index (χ1v) is 11.3. The van der Waals surface area contributed by atoms with E-state index in [0.29, 0.717) is 31.4 Å². The summed E-state index contributed by atoms with van der Waals surface area (Å²) in [5.74, 6) is -3.10. The summed E-state index contributed by atoms with van der Waals surface area (Å²) in [6.07, 6.45) is 1.54. The lowest BCUT2D eigenvalue weighted by Gasteiger charge is -2.25. The molecule has 3 amide bonds. The van der Waals surface area contributed by atoms with Gasteiger partial charge in [-0.2, -0.15) is 0 Å². The summed E-state index contributed by atoms with van der Waals surface area (Å²) in [6.45, 7) is 5.31. The number of carboxylic acid groups (broad SMARTS) is 1. The predicted molar refractivity (Wildman–Crippen MR) is 127 cm³/mol. The molecule has 0 bridgehead atoms. The molecule has 9 N–H and O–H groups in total. The third-order valence-corrected chi connectivity index (χ3v) is 5.34. The van der Waals surface area contributed by atoms with Crippen LogP contribution < -0.4 is 27.4 Å². The molecule has 190 valence electrons. The van der Waals surface area contributed by atoms with Gasteiger partial charge in [0.25, 0.3) is 0 Å². The van der Waals surface area contributed by atoms with Crippen LogP contribution in [0.15, 0.2) is 24.3 Å². The van der Waals surface area contributed by atoms with Crippen LogP contribution in [-0.2, 0) is 25.6 Å². The summed E-state index contributed by atoms with van der Waals surface area (Å²) in [7, 11) is 0. The molecule has 0 aromatic heterocycles. The highest BCUT2D eigenvalue weighted by molar-refractivity contribution is 5.94. The van der Waals surface area contributed by atoms with Crippen molar-refractivity contribution in [2.75, 3.05) is 6.54 Å². The van der Waals surface area contributed by atoms with Gasteiger partial charge in [-0.25, -0.2) is 0 Å². The second-order valence-electron chi connectivity index (χ2n) is 8.62. The van der Waals surface area contributed by atoms with E-state index in [1.54, 1.807) is 26.0 Å². The zero-order valence-corrected chi connectivity index (χ0v) is 19.9. The van der Waals surface area contributed by atoms with Gasteiger partial charge in [0.05, 0.1) is 6.04 Å². The van der Waals surface area contributed by atoms with Gasteiger partial charge < -0.3 is 37.6 Å². The van der Waals surface area contributed by atoms with Gasteiger partial charge in [-0.1, -0.05) is 26.0 Å². The smallest absolute Gasteiger partial charge is 0.325 e. The number of phenolic OH excluding ortho intramolecular Hbond substituents is 1. The van der Waals surface area contributed by atoms with Crippen LogP contribution >= 0.6 is 0 Å². The van der Waals surface area contributed by atoms with E-state index in [1.165, 1.54) is 19.1 Å². The number of carbonyl (C=O) groups excluding carboxylic acids is 3. The number of benzene rings is 1. The number of hydrogen-bond acceptors (Lipinski definition) is 7. The first-order chi connectivity index (χ1) is 16.0. The summed E-state index contributed by atoms with van der Waals surface area (Å²) in [5.41, 5.74) is 12.1. The molecule has 11 nitrogen and oxygen atoms in total. The van der Waals surface area contributed by atoms with E-state index in [4.69, 9.17) is 16.6 Å². The maximum Gasteiger partial charge on any atom is 0.325 e. The van der Waals surface area contributed by atoms with Gasteiger partial charge in [-0.05, 0) is 56.3 Å². The molecule has 0 radical (unpaired) electrons. The number of rotatable bonds is 14. The van der Waals surface area contributed by atoms with Crippen molar-refractivity contribution in [1.82, 2.24) is 16.0 Å². The van der Waals surface area contributed by atoms with Crippen LogP contribution in [-0.4, -0.2) is 64.6 Å². The molecule has 4 unspecified atom stereocenters. The molecule has 0 fully saturated rings. The second kappa shape index (κ2) is 14.2.